The monoisotopic (exact) mass is 409 g/mol. The van der Waals surface area contributed by atoms with Crippen LogP contribution in [0.5, 0.6) is 0 Å². The molecule has 2 rings (SSSR count). The average molecular weight is 409 g/mol. The first-order valence-electron chi connectivity index (χ1n) is 6.32. The summed E-state index contributed by atoms with van der Waals surface area (Å²) in [6, 6.07) is 7.75. The van der Waals surface area contributed by atoms with Crippen molar-refractivity contribution >= 4 is 45.5 Å². The van der Waals surface area contributed by atoms with Crippen LogP contribution >= 0.6 is 24.0 Å². The number of nitrogens with zero attached hydrogens (tertiary/aromatic N) is 1. The molecule has 3 N–H and O–H groups in total. The van der Waals surface area contributed by atoms with E-state index in [9.17, 15) is 8.42 Å². The third-order valence-corrected chi connectivity index (χ3v) is 5.51. The minimum atomic E-state index is -2.95. The molecule has 0 amide bonds. The number of guanidine groups is 1. The van der Waals surface area contributed by atoms with Crippen LogP contribution in [0.2, 0.25) is 0 Å². The highest BCUT2D eigenvalue weighted by molar-refractivity contribution is 14.0. The molecule has 0 bridgehead atoms. The first kappa shape index (κ1) is 17.2. The molecule has 0 aromatic heterocycles. The van der Waals surface area contributed by atoms with E-state index < -0.39 is 9.84 Å². The summed E-state index contributed by atoms with van der Waals surface area (Å²) >= 11 is 0. The molecule has 20 heavy (non-hydrogen) atoms. The molecule has 0 radical (unpaired) electrons. The Hall–Kier alpha value is -0.830. The number of aryl methyl sites for hydroxylation is 1. The van der Waals surface area contributed by atoms with Gasteiger partial charge in [0.2, 0.25) is 0 Å². The van der Waals surface area contributed by atoms with Gasteiger partial charge in [-0.3, -0.25) is 4.99 Å². The van der Waals surface area contributed by atoms with E-state index in [1.165, 1.54) is 0 Å². The lowest BCUT2D eigenvalue weighted by Crippen LogP contribution is -2.26. The Morgan fingerprint density at radius 1 is 1.40 bits per heavy atom. The van der Waals surface area contributed by atoms with Gasteiger partial charge in [-0.1, -0.05) is 17.7 Å². The summed E-state index contributed by atoms with van der Waals surface area (Å²) in [7, 11) is -2.95. The van der Waals surface area contributed by atoms with Gasteiger partial charge >= 0.3 is 0 Å². The fraction of sp³-hybridized carbons (Fsp3) is 0.462. The molecule has 5 nitrogen and oxygen atoms in total. The molecule has 1 fully saturated rings. The Kier molecular flexibility index (Phi) is 6.25. The smallest absolute Gasteiger partial charge is 0.193 e. The summed E-state index contributed by atoms with van der Waals surface area (Å²) < 4.78 is 23.3. The molecule has 7 heteroatoms. The molecular weight excluding hydrogens is 389 g/mol. The quantitative estimate of drug-likeness (QED) is 0.454. The fourth-order valence-corrected chi connectivity index (χ4v) is 3.82. The van der Waals surface area contributed by atoms with Crippen LogP contribution in [-0.2, 0) is 9.84 Å². The standard InChI is InChI=1S/C13H19N3O2S.HI/c1-10-4-6-11(7-5-10)16-13(14)15-9-12-3-2-8-19(12,17)18;/h4-7,12H,2-3,8-9H2,1H3,(H3,14,15,16);1H. The number of halogens is 1. The van der Waals surface area contributed by atoms with Gasteiger partial charge in [0.25, 0.3) is 0 Å². The molecule has 1 aromatic carbocycles. The maximum Gasteiger partial charge on any atom is 0.193 e. The van der Waals surface area contributed by atoms with E-state index in [4.69, 9.17) is 5.73 Å². The van der Waals surface area contributed by atoms with E-state index in [1.807, 2.05) is 31.2 Å². The summed E-state index contributed by atoms with van der Waals surface area (Å²) in [4.78, 5) is 4.12. The molecule has 0 aliphatic carbocycles. The number of aliphatic imine (C=N–C) groups is 1. The lowest BCUT2D eigenvalue weighted by molar-refractivity contribution is 0.590. The van der Waals surface area contributed by atoms with Gasteiger partial charge in [-0.05, 0) is 31.9 Å². The number of nitrogens with one attached hydrogen (secondary N) is 1. The van der Waals surface area contributed by atoms with Gasteiger partial charge in [-0.15, -0.1) is 24.0 Å². The SMILES string of the molecule is Cc1ccc(NC(N)=NCC2CCCS2(=O)=O)cc1.I. The zero-order chi connectivity index (χ0) is 13.9. The summed E-state index contributed by atoms with van der Waals surface area (Å²) in [5, 5.41) is 2.58. The summed E-state index contributed by atoms with van der Waals surface area (Å²) in [6.07, 6.45) is 1.41. The number of sulfone groups is 1. The Bertz CT molecular complexity index is 570. The molecule has 1 atom stereocenters. The second-order valence-electron chi connectivity index (χ2n) is 4.85. The predicted octanol–water partition coefficient (Wildman–Crippen LogP) is 1.92. The predicted molar refractivity (Wildman–Crippen MR) is 93.5 cm³/mol. The second-order valence-corrected chi connectivity index (χ2v) is 7.25. The molecule has 0 spiro atoms. The van der Waals surface area contributed by atoms with Crippen molar-refractivity contribution in [3.05, 3.63) is 29.8 Å². The van der Waals surface area contributed by atoms with E-state index in [-0.39, 0.29) is 47.5 Å². The van der Waals surface area contributed by atoms with Crippen molar-refractivity contribution in [1.29, 1.82) is 0 Å². The lowest BCUT2D eigenvalue weighted by Gasteiger charge is -2.08. The van der Waals surface area contributed by atoms with E-state index in [2.05, 4.69) is 10.3 Å². The van der Waals surface area contributed by atoms with E-state index in [0.717, 1.165) is 17.7 Å². The minimum absolute atomic E-state index is 0. The largest absolute Gasteiger partial charge is 0.370 e. The number of hydrogen-bond donors (Lipinski definition) is 2. The first-order valence-corrected chi connectivity index (χ1v) is 8.04. The molecular formula is C13H20IN3O2S. The maximum atomic E-state index is 11.6. The normalized spacial score (nSPS) is 21.2. The Morgan fingerprint density at radius 3 is 2.60 bits per heavy atom. The van der Waals surface area contributed by atoms with Crippen molar-refractivity contribution < 1.29 is 8.42 Å². The molecule has 112 valence electrons. The maximum absolute atomic E-state index is 11.6. The first-order chi connectivity index (χ1) is 8.97. The van der Waals surface area contributed by atoms with Crippen molar-refractivity contribution in [2.24, 2.45) is 10.7 Å². The van der Waals surface area contributed by atoms with Crippen molar-refractivity contribution in [2.75, 3.05) is 17.6 Å². The topological polar surface area (TPSA) is 84.5 Å². The van der Waals surface area contributed by atoms with E-state index in [0.29, 0.717) is 6.42 Å². The zero-order valence-corrected chi connectivity index (χ0v) is 14.5. The number of benzene rings is 1. The Morgan fingerprint density at radius 2 is 2.05 bits per heavy atom. The third-order valence-electron chi connectivity index (χ3n) is 3.25. The van der Waals surface area contributed by atoms with Gasteiger partial charge in [-0.25, -0.2) is 8.42 Å². The molecule has 1 aromatic rings. The summed E-state index contributed by atoms with van der Waals surface area (Å²) in [5.74, 6) is 0.532. The third kappa shape index (κ3) is 4.62. The fourth-order valence-electron chi connectivity index (χ4n) is 2.09. The number of nitrogens with two attached hydrogens (primary N) is 1. The number of hydrogen-bond acceptors (Lipinski definition) is 3. The van der Waals surface area contributed by atoms with Crippen molar-refractivity contribution in [3.63, 3.8) is 0 Å². The van der Waals surface area contributed by atoms with Gasteiger partial charge in [0, 0.05) is 5.69 Å². The van der Waals surface area contributed by atoms with Crippen LogP contribution in [0.4, 0.5) is 5.69 Å². The molecule has 1 heterocycles. The number of rotatable bonds is 3. The average Bonchev–Trinajstić information content (AvgIpc) is 2.69. The second kappa shape index (κ2) is 7.26. The van der Waals surface area contributed by atoms with Crippen LogP contribution in [0.25, 0.3) is 0 Å². The van der Waals surface area contributed by atoms with E-state index >= 15 is 0 Å². The van der Waals surface area contributed by atoms with Gasteiger partial charge in [0.05, 0.1) is 17.5 Å². The van der Waals surface area contributed by atoms with Gasteiger partial charge in [0.1, 0.15) is 0 Å². The van der Waals surface area contributed by atoms with Crippen LogP contribution in [0, 0.1) is 6.92 Å². The van der Waals surface area contributed by atoms with Crippen LogP contribution in [0.3, 0.4) is 0 Å². The molecule has 0 saturated carbocycles. The summed E-state index contributed by atoms with van der Waals surface area (Å²) in [6.45, 7) is 2.25. The molecule has 1 aliphatic rings. The van der Waals surface area contributed by atoms with Gasteiger partial charge < -0.3 is 11.1 Å². The summed E-state index contributed by atoms with van der Waals surface area (Å²) in [5.41, 5.74) is 7.77. The molecule has 1 unspecified atom stereocenters. The van der Waals surface area contributed by atoms with Crippen LogP contribution < -0.4 is 11.1 Å². The van der Waals surface area contributed by atoms with Crippen LogP contribution in [0.15, 0.2) is 29.3 Å². The van der Waals surface area contributed by atoms with Gasteiger partial charge in [-0.2, -0.15) is 0 Å². The van der Waals surface area contributed by atoms with Crippen molar-refractivity contribution in [2.45, 2.75) is 25.0 Å². The Labute approximate surface area is 137 Å². The van der Waals surface area contributed by atoms with Crippen LogP contribution in [0.1, 0.15) is 18.4 Å². The Balaban J connectivity index is 0.00000200. The highest BCUT2D eigenvalue weighted by Crippen LogP contribution is 2.20. The molecule has 1 aliphatic heterocycles. The highest BCUT2D eigenvalue weighted by Gasteiger charge is 2.30. The van der Waals surface area contributed by atoms with Crippen molar-refractivity contribution in [1.82, 2.24) is 0 Å². The van der Waals surface area contributed by atoms with Crippen LogP contribution in [-0.4, -0.2) is 31.9 Å². The highest BCUT2D eigenvalue weighted by atomic mass is 127. The van der Waals surface area contributed by atoms with E-state index in [1.54, 1.807) is 0 Å². The lowest BCUT2D eigenvalue weighted by atomic mass is 10.2. The molecule has 1 saturated heterocycles. The zero-order valence-electron chi connectivity index (χ0n) is 11.4. The van der Waals surface area contributed by atoms with Crippen molar-refractivity contribution in [3.8, 4) is 0 Å². The minimum Gasteiger partial charge on any atom is -0.370 e. The van der Waals surface area contributed by atoms with Gasteiger partial charge in [0.15, 0.2) is 15.8 Å². The number of anilines is 1.